The van der Waals surface area contributed by atoms with Crippen molar-refractivity contribution >= 4 is 11.9 Å². The van der Waals surface area contributed by atoms with E-state index in [0.717, 1.165) is 12.3 Å². The van der Waals surface area contributed by atoms with Crippen LogP contribution in [0.15, 0.2) is 12.3 Å². The highest BCUT2D eigenvalue weighted by molar-refractivity contribution is 5.74. The van der Waals surface area contributed by atoms with Crippen molar-refractivity contribution in [2.45, 2.75) is 25.4 Å². The average molecular weight is 288 g/mol. The van der Waals surface area contributed by atoms with Crippen molar-refractivity contribution in [2.24, 2.45) is 11.7 Å². The fraction of sp³-hybridized carbons (Fsp3) is 0.583. The molecule has 0 aliphatic carbocycles. The van der Waals surface area contributed by atoms with E-state index in [1.165, 1.54) is 0 Å². The first-order valence-corrected chi connectivity index (χ1v) is 6.30. The lowest BCUT2D eigenvalue weighted by Gasteiger charge is -2.31. The van der Waals surface area contributed by atoms with Crippen LogP contribution in [-0.2, 0) is 11.0 Å². The van der Waals surface area contributed by atoms with E-state index in [9.17, 15) is 18.0 Å². The van der Waals surface area contributed by atoms with Crippen molar-refractivity contribution < 1.29 is 18.0 Å². The fourth-order valence-electron chi connectivity index (χ4n) is 2.28. The SMILES string of the molecule is NC(=O)CC1CCN(c2nccc(C(F)(F)F)n2)CC1. The molecule has 1 aliphatic rings. The van der Waals surface area contributed by atoms with Gasteiger partial charge in [0.05, 0.1) is 0 Å². The number of halogens is 3. The third-order valence-electron chi connectivity index (χ3n) is 3.32. The van der Waals surface area contributed by atoms with Gasteiger partial charge in [-0.1, -0.05) is 0 Å². The Hall–Kier alpha value is -1.86. The number of hydrogen-bond donors (Lipinski definition) is 1. The Morgan fingerprint density at radius 2 is 2.05 bits per heavy atom. The molecule has 110 valence electrons. The number of carbonyl (C=O) groups is 1. The minimum atomic E-state index is -4.47. The Kier molecular flexibility index (Phi) is 4.10. The van der Waals surface area contributed by atoms with Crippen molar-refractivity contribution in [2.75, 3.05) is 18.0 Å². The largest absolute Gasteiger partial charge is 0.433 e. The molecule has 1 amide bonds. The molecule has 0 spiro atoms. The summed E-state index contributed by atoms with van der Waals surface area (Å²) in [5, 5.41) is 0. The van der Waals surface area contributed by atoms with E-state index in [-0.39, 0.29) is 17.8 Å². The van der Waals surface area contributed by atoms with Crippen LogP contribution < -0.4 is 10.6 Å². The predicted molar refractivity (Wildman–Crippen MR) is 65.8 cm³/mol. The number of alkyl halides is 3. The molecule has 1 aromatic rings. The standard InChI is InChI=1S/C12H15F3N4O/c13-12(14,15)9-1-4-17-11(18-9)19-5-2-8(3-6-19)7-10(16)20/h1,4,8H,2-3,5-7H2,(H2,16,20). The summed E-state index contributed by atoms with van der Waals surface area (Å²) in [4.78, 5) is 20.0. The van der Waals surface area contributed by atoms with Crippen LogP contribution in [0.2, 0.25) is 0 Å². The van der Waals surface area contributed by atoms with Gasteiger partial charge in [0.25, 0.3) is 0 Å². The molecule has 2 heterocycles. The second-order valence-corrected chi connectivity index (χ2v) is 4.84. The Balaban J connectivity index is 2.02. The zero-order valence-electron chi connectivity index (χ0n) is 10.7. The minimum absolute atomic E-state index is 0.0809. The number of nitrogens with zero attached hydrogens (tertiary/aromatic N) is 3. The van der Waals surface area contributed by atoms with Crippen LogP contribution in [0.25, 0.3) is 0 Å². The monoisotopic (exact) mass is 288 g/mol. The van der Waals surface area contributed by atoms with Crippen molar-refractivity contribution in [3.8, 4) is 0 Å². The maximum Gasteiger partial charge on any atom is 0.433 e. The van der Waals surface area contributed by atoms with Gasteiger partial charge in [-0.25, -0.2) is 9.97 Å². The van der Waals surface area contributed by atoms with Gasteiger partial charge < -0.3 is 10.6 Å². The number of amides is 1. The molecule has 0 aromatic carbocycles. The number of rotatable bonds is 3. The highest BCUT2D eigenvalue weighted by Gasteiger charge is 2.33. The van der Waals surface area contributed by atoms with E-state index in [0.29, 0.717) is 32.4 Å². The smallest absolute Gasteiger partial charge is 0.370 e. The van der Waals surface area contributed by atoms with E-state index in [4.69, 9.17) is 5.73 Å². The van der Waals surface area contributed by atoms with Crippen LogP contribution >= 0.6 is 0 Å². The molecule has 0 saturated carbocycles. The Labute approximate surface area is 114 Å². The first-order chi connectivity index (χ1) is 9.36. The van der Waals surface area contributed by atoms with Crippen molar-refractivity contribution in [1.29, 1.82) is 0 Å². The highest BCUT2D eigenvalue weighted by Crippen LogP contribution is 2.29. The van der Waals surface area contributed by atoms with Gasteiger partial charge >= 0.3 is 6.18 Å². The number of anilines is 1. The molecule has 5 nitrogen and oxygen atoms in total. The van der Waals surface area contributed by atoms with Crippen molar-refractivity contribution in [3.63, 3.8) is 0 Å². The maximum atomic E-state index is 12.6. The number of piperidine rings is 1. The second-order valence-electron chi connectivity index (χ2n) is 4.84. The molecule has 1 saturated heterocycles. The summed E-state index contributed by atoms with van der Waals surface area (Å²) < 4.78 is 37.7. The number of aromatic nitrogens is 2. The summed E-state index contributed by atoms with van der Waals surface area (Å²) >= 11 is 0. The van der Waals surface area contributed by atoms with E-state index in [2.05, 4.69) is 9.97 Å². The van der Waals surface area contributed by atoms with Crippen LogP contribution in [-0.4, -0.2) is 29.0 Å². The van der Waals surface area contributed by atoms with Gasteiger partial charge in [0.1, 0.15) is 5.69 Å². The summed E-state index contributed by atoms with van der Waals surface area (Å²) in [6, 6.07) is 0.851. The summed E-state index contributed by atoms with van der Waals surface area (Å²) in [6.07, 6.45) is -1.65. The molecule has 2 N–H and O–H groups in total. The molecule has 0 radical (unpaired) electrons. The molecule has 8 heteroatoms. The van der Waals surface area contributed by atoms with Crippen LogP contribution in [0.3, 0.4) is 0 Å². The zero-order valence-corrected chi connectivity index (χ0v) is 10.7. The average Bonchev–Trinajstić information content (AvgIpc) is 2.38. The van der Waals surface area contributed by atoms with Crippen molar-refractivity contribution in [1.82, 2.24) is 9.97 Å². The maximum absolute atomic E-state index is 12.6. The van der Waals surface area contributed by atoms with Crippen LogP contribution in [0.5, 0.6) is 0 Å². The quantitative estimate of drug-likeness (QED) is 0.916. The Morgan fingerprint density at radius 1 is 1.40 bits per heavy atom. The third-order valence-corrected chi connectivity index (χ3v) is 3.32. The first-order valence-electron chi connectivity index (χ1n) is 6.30. The number of carbonyl (C=O) groups excluding carboxylic acids is 1. The van der Waals surface area contributed by atoms with Gasteiger partial charge in [0, 0.05) is 25.7 Å². The molecular formula is C12H15F3N4O. The first kappa shape index (κ1) is 14.5. The summed E-state index contributed by atoms with van der Waals surface area (Å²) in [5.74, 6) is -0.0781. The third kappa shape index (κ3) is 3.58. The summed E-state index contributed by atoms with van der Waals surface area (Å²) in [7, 11) is 0. The fourth-order valence-corrected chi connectivity index (χ4v) is 2.28. The molecule has 0 atom stereocenters. The van der Waals surface area contributed by atoms with Crippen LogP contribution in [0.1, 0.15) is 25.0 Å². The van der Waals surface area contributed by atoms with Crippen LogP contribution in [0.4, 0.5) is 19.1 Å². The van der Waals surface area contributed by atoms with Crippen LogP contribution in [0, 0.1) is 5.92 Å². The van der Waals surface area contributed by atoms with Gasteiger partial charge in [-0.3, -0.25) is 4.79 Å². The molecule has 1 aliphatic heterocycles. The summed E-state index contributed by atoms with van der Waals surface area (Å²) in [6.45, 7) is 1.05. The van der Waals surface area contributed by atoms with Gasteiger partial charge in [0.2, 0.25) is 11.9 Å². The van der Waals surface area contributed by atoms with E-state index >= 15 is 0 Å². The molecule has 2 rings (SSSR count). The van der Waals surface area contributed by atoms with E-state index in [1.54, 1.807) is 4.90 Å². The number of primary amides is 1. The molecular weight excluding hydrogens is 273 g/mol. The van der Waals surface area contributed by atoms with Gasteiger partial charge in [0.15, 0.2) is 0 Å². The lowest BCUT2D eigenvalue weighted by Crippen LogP contribution is -2.36. The second kappa shape index (κ2) is 5.64. The predicted octanol–water partition coefficient (Wildman–Crippen LogP) is 1.59. The molecule has 0 unspecified atom stereocenters. The minimum Gasteiger partial charge on any atom is -0.370 e. The molecule has 1 fully saturated rings. The number of hydrogen-bond acceptors (Lipinski definition) is 4. The Morgan fingerprint density at radius 3 is 2.60 bits per heavy atom. The normalized spacial score (nSPS) is 17.2. The van der Waals surface area contributed by atoms with E-state index < -0.39 is 11.9 Å². The Bertz CT molecular complexity index is 484. The van der Waals surface area contributed by atoms with Gasteiger partial charge in [-0.15, -0.1) is 0 Å². The topological polar surface area (TPSA) is 72.1 Å². The van der Waals surface area contributed by atoms with E-state index in [1.807, 2.05) is 0 Å². The molecule has 0 bridgehead atoms. The zero-order chi connectivity index (χ0) is 14.8. The number of nitrogens with two attached hydrogens (primary N) is 1. The van der Waals surface area contributed by atoms with Gasteiger partial charge in [-0.05, 0) is 24.8 Å². The highest BCUT2D eigenvalue weighted by atomic mass is 19.4. The van der Waals surface area contributed by atoms with Crippen molar-refractivity contribution in [3.05, 3.63) is 18.0 Å². The molecule has 20 heavy (non-hydrogen) atoms. The van der Waals surface area contributed by atoms with Gasteiger partial charge in [-0.2, -0.15) is 13.2 Å². The molecule has 1 aromatic heterocycles. The lowest BCUT2D eigenvalue weighted by molar-refractivity contribution is -0.141. The summed E-state index contributed by atoms with van der Waals surface area (Å²) in [5.41, 5.74) is 4.19. The lowest BCUT2D eigenvalue weighted by atomic mass is 9.93.